The summed E-state index contributed by atoms with van der Waals surface area (Å²) in [4.78, 5) is 56.1. The fourth-order valence-corrected chi connectivity index (χ4v) is 10.1. The van der Waals surface area contributed by atoms with E-state index in [1.807, 2.05) is 36.0 Å². The van der Waals surface area contributed by atoms with Gasteiger partial charge in [-0.25, -0.2) is 14.8 Å². The molecule has 3 aliphatic rings. The van der Waals surface area contributed by atoms with E-state index in [0.29, 0.717) is 51.3 Å². The molecule has 6 rings (SSSR count). The molecule has 3 fully saturated rings. The number of imidazole rings is 2. The lowest BCUT2D eigenvalue weighted by molar-refractivity contribution is -0.135. The van der Waals surface area contributed by atoms with E-state index in [2.05, 4.69) is 82.9 Å². The molecule has 14 nitrogen and oxygen atoms in total. The second-order valence-corrected chi connectivity index (χ2v) is 31.2. The van der Waals surface area contributed by atoms with Crippen molar-refractivity contribution in [2.75, 3.05) is 57.9 Å². The number of rotatable bonds is 18. The molecule has 3 aromatic rings. The van der Waals surface area contributed by atoms with Crippen molar-refractivity contribution in [1.82, 2.24) is 34.2 Å². The molecule has 16 heteroatoms. The van der Waals surface area contributed by atoms with E-state index in [-0.39, 0.29) is 23.8 Å². The number of anilines is 1. The van der Waals surface area contributed by atoms with Crippen LogP contribution in [0.2, 0.25) is 51.4 Å². The van der Waals surface area contributed by atoms with Gasteiger partial charge in [0.05, 0.1) is 25.0 Å². The van der Waals surface area contributed by atoms with E-state index < -0.39 is 28.3 Å². The van der Waals surface area contributed by atoms with Crippen molar-refractivity contribution >= 4 is 39.7 Å². The van der Waals surface area contributed by atoms with Gasteiger partial charge in [-0.1, -0.05) is 78.1 Å². The molecule has 61 heavy (non-hydrogen) atoms. The number of hydrogen-bond donors (Lipinski definition) is 1. The molecule has 2 aliphatic heterocycles. The van der Waals surface area contributed by atoms with Crippen LogP contribution in [0.1, 0.15) is 86.5 Å². The number of carbonyl (C=O) groups is 3. The molecule has 2 saturated heterocycles. The second kappa shape index (κ2) is 20.5. The van der Waals surface area contributed by atoms with Gasteiger partial charge in [-0.15, -0.1) is 0 Å². The van der Waals surface area contributed by atoms with Crippen LogP contribution in [0.3, 0.4) is 0 Å². The number of piperazine rings is 1. The van der Waals surface area contributed by atoms with E-state index in [4.69, 9.17) is 24.2 Å². The van der Waals surface area contributed by atoms with Gasteiger partial charge in [0.25, 0.3) is 5.91 Å². The van der Waals surface area contributed by atoms with Crippen molar-refractivity contribution in [3.63, 3.8) is 0 Å². The largest absolute Gasteiger partial charge is 0.453 e. The van der Waals surface area contributed by atoms with Crippen molar-refractivity contribution < 1.29 is 28.6 Å². The van der Waals surface area contributed by atoms with Crippen LogP contribution >= 0.6 is 0 Å². The van der Waals surface area contributed by atoms with Gasteiger partial charge in [0, 0.05) is 79.9 Å². The number of likely N-dealkylation sites (tertiary alicyclic amines) is 1. The van der Waals surface area contributed by atoms with Crippen LogP contribution in [-0.4, -0.2) is 122 Å². The van der Waals surface area contributed by atoms with Gasteiger partial charge in [-0.3, -0.25) is 9.59 Å². The summed E-state index contributed by atoms with van der Waals surface area (Å²) in [5.74, 6) is 1.91. The van der Waals surface area contributed by atoms with Crippen LogP contribution in [0.25, 0.3) is 11.3 Å². The summed E-state index contributed by atoms with van der Waals surface area (Å²) in [5, 5.41) is 2.76. The van der Waals surface area contributed by atoms with Crippen molar-refractivity contribution in [1.29, 1.82) is 0 Å². The fourth-order valence-electron chi connectivity index (χ4n) is 8.59. The predicted octanol–water partition coefficient (Wildman–Crippen LogP) is 8.04. The van der Waals surface area contributed by atoms with Crippen LogP contribution in [0, 0.1) is 5.92 Å². The maximum atomic E-state index is 14.0. The van der Waals surface area contributed by atoms with Gasteiger partial charge in [0.2, 0.25) is 5.91 Å². The number of carbonyl (C=O) groups excluding carboxylic acids is 3. The molecule has 0 radical (unpaired) electrons. The molecule has 3 amide bonds. The average Bonchev–Trinajstić information content (AvgIpc) is 4.06. The number of aromatic nitrogens is 4. The van der Waals surface area contributed by atoms with Gasteiger partial charge in [-0.05, 0) is 61.4 Å². The first-order valence-electron chi connectivity index (χ1n) is 22.6. The van der Waals surface area contributed by atoms with Gasteiger partial charge in [0.15, 0.2) is 0 Å². The first kappa shape index (κ1) is 46.5. The van der Waals surface area contributed by atoms with E-state index in [1.54, 1.807) is 0 Å². The monoisotopic (exact) mass is 877 g/mol. The number of methoxy groups -OCH3 is 1. The molecule has 1 aromatic carbocycles. The molecule has 1 N–H and O–H groups in total. The quantitative estimate of drug-likeness (QED) is 0.0996. The molecule has 1 saturated carbocycles. The Hall–Kier alpha value is -4.00. The lowest BCUT2D eigenvalue weighted by atomic mass is 10.0. The molecular weight excluding hydrogens is 805 g/mol. The minimum Gasteiger partial charge on any atom is -0.453 e. The Bertz CT molecular complexity index is 1920. The molecule has 2 aromatic heterocycles. The van der Waals surface area contributed by atoms with E-state index in [0.717, 1.165) is 86.1 Å². The molecular formula is C45H72N8O6Si2. The summed E-state index contributed by atoms with van der Waals surface area (Å²) in [6.45, 7) is 23.4. The Morgan fingerprint density at radius 1 is 0.820 bits per heavy atom. The van der Waals surface area contributed by atoms with Gasteiger partial charge >= 0.3 is 6.09 Å². The van der Waals surface area contributed by atoms with Crippen molar-refractivity contribution in [3.05, 3.63) is 54.0 Å². The number of benzene rings is 1. The average molecular weight is 877 g/mol. The van der Waals surface area contributed by atoms with Crippen LogP contribution in [0.5, 0.6) is 0 Å². The maximum Gasteiger partial charge on any atom is 0.407 e. The number of ether oxygens (including phenoxy) is 3. The van der Waals surface area contributed by atoms with Crippen LogP contribution in [0.4, 0.5) is 10.5 Å². The highest BCUT2D eigenvalue weighted by molar-refractivity contribution is 6.76. The third-order valence-electron chi connectivity index (χ3n) is 12.4. The Morgan fingerprint density at radius 3 is 2.07 bits per heavy atom. The molecule has 0 unspecified atom stereocenters. The standard InChI is InChI=1S/C45H72N8O6Si2/c1-33(2)40(48-45(56)57-3)44(55)52-20-12-15-38(52)42-46-29-39(53(42)32-59-26-28-61(7,8)9)34-16-18-36(19-17-34)49-21-23-50(24-22-49)43(54)37-30-51(31-58-25-27-60(4,5)6)41(47-37)35-13-10-11-14-35/h16-19,29-30,33,35,38,40H,10-15,20-28,31-32H2,1-9H3,(H,48,56)/t38-,40-/m0/s1. The number of nitrogens with zero attached hydrogens (tertiary/aromatic N) is 7. The SMILES string of the molecule is COC(=O)N[C@H](C(=O)N1CCC[C@H]1c1ncc(-c2ccc(N3CCN(C(=O)c4cn(COCC[Si](C)(C)C)c(C5CCCC5)n4)CC3)cc2)n1COCC[Si](C)(C)C)C(C)C. The lowest BCUT2D eigenvalue weighted by Crippen LogP contribution is -2.51. The van der Waals surface area contributed by atoms with Crippen molar-refractivity contribution in [2.24, 2.45) is 5.92 Å². The van der Waals surface area contributed by atoms with Crippen molar-refractivity contribution in [2.45, 2.75) is 135 Å². The minimum absolute atomic E-state index is 0.00629. The smallest absolute Gasteiger partial charge is 0.407 e. The van der Waals surface area contributed by atoms with Crippen LogP contribution in [0.15, 0.2) is 36.7 Å². The Labute approximate surface area is 365 Å². The minimum atomic E-state index is -1.31. The highest BCUT2D eigenvalue weighted by Crippen LogP contribution is 2.36. The normalized spacial score (nSPS) is 18.3. The molecule has 336 valence electrons. The van der Waals surface area contributed by atoms with Crippen LogP contribution in [-0.2, 0) is 32.5 Å². The third-order valence-corrected chi connectivity index (χ3v) is 15.8. The molecule has 4 heterocycles. The van der Waals surface area contributed by atoms with Crippen molar-refractivity contribution in [3.8, 4) is 11.3 Å². The Balaban J connectivity index is 1.14. The van der Waals surface area contributed by atoms with Gasteiger partial charge in [-0.2, -0.15) is 0 Å². The summed E-state index contributed by atoms with van der Waals surface area (Å²) in [6, 6.07) is 9.73. The maximum absolute atomic E-state index is 14.0. The van der Waals surface area contributed by atoms with Gasteiger partial charge < -0.3 is 43.4 Å². The Morgan fingerprint density at radius 2 is 1.46 bits per heavy atom. The molecule has 0 spiro atoms. The second-order valence-electron chi connectivity index (χ2n) is 19.9. The van der Waals surface area contributed by atoms with Gasteiger partial charge in [0.1, 0.15) is 36.8 Å². The number of hydrogen-bond acceptors (Lipinski definition) is 9. The number of alkyl carbamates (subject to hydrolysis) is 1. The summed E-state index contributed by atoms with van der Waals surface area (Å²) in [7, 11) is -1.20. The third kappa shape index (κ3) is 12.1. The lowest BCUT2D eigenvalue weighted by Gasteiger charge is -2.36. The van der Waals surface area contributed by atoms with E-state index >= 15 is 0 Å². The summed E-state index contributed by atoms with van der Waals surface area (Å²) in [6.07, 6.45) is 9.45. The first-order valence-corrected chi connectivity index (χ1v) is 30.0. The zero-order valence-corrected chi connectivity index (χ0v) is 40.4. The summed E-state index contributed by atoms with van der Waals surface area (Å²) < 4.78 is 21.5. The highest BCUT2D eigenvalue weighted by atomic mass is 28.3. The van der Waals surface area contributed by atoms with E-state index in [1.165, 1.54) is 20.0 Å². The van der Waals surface area contributed by atoms with E-state index in [9.17, 15) is 14.4 Å². The number of nitrogens with one attached hydrogen (secondary N) is 1. The highest BCUT2D eigenvalue weighted by Gasteiger charge is 2.39. The molecule has 1 aliphatic carbocycles. The zero-order valence-electron chi connectivity index (χ0n) is 38.4. The topological polar surface area (TPSA) is 136 Å². The Kier molecular flexibility index (Phi) is 15.6. The zero-order chi connectivity index (χ0) is 43.9. The fraction of sp³-hybridized carbons (Fsp3) is 0.667. The molecule has 2 atom stereocenters. The molecule has 0 bridgehead atoms. The predicted molar refractivity (Wildman–Crippen MR) is 245 cm³/mol. The summed E-state index contributed by atoms with van der Waals surface area (Å²) >= 11 is 0. The first-order chi connectivity index (χ1) is 29.0. The number of amides is 3. The summed E-state index contributed by atoms with van der Waals surface area (Å²) in [5.41, 5.74) is 3.56. The van der Waals surface area contributed by atoms with Crippen LogP contribution < -0.4 is 10.2 Å².